The van der Waals surface area contributed by atoms with Crippen molar-refractivity contribution in [2.45, 2.75) is 6.04 Å². The zero-order chi connectivity index (χ0) is 25.0. The molecule has 1 saturated heterocycles. The molecule has 6 rings (SSSR count). The number of ketones is 1. The molecule has 10 heteroatoms. The maximum atomic E-state index is 13.4. The molecule has 0 saturated carbocycles. The van der Waals surface area contributed by atoms with Crippen LogP contribution in [0.15, 0.2) is 66.2 Å². The molecule has 180 valence electrons. The summed E-state index contributed by atoms with van der Waals surface area (Å²) in [5.41, 5.74) is 1.21. The monoisotopic (exact) mass is 520 g/mol. The Morgan fingerprint density at radius 3 is 2.64 bits per heavy atom. The normalized spacial score (nSPS) is 18.7. The summed E-state index contributed by atoms with van der Waals surface area (Å²) in [7, 11) is 0. The number of aliphatic hydroxyl groups is 1. The van der Waals surface area contributed by atoms with E-state index in [4.69, 9.17) is 21.1 Å². The summed E-state index contributed by atoms with van der Waals surface area (Å²) in [5, 5.41) is 22.3. The molecule has 2 N–H and O–H groups in total. The summed E-state index contributed by atoms with van der Waals surface area (Å²) < 4.78 is 11.9. The van der Waals surface area contributed by atoms with E-state index in [-0.39, 0.29) is 22.2 Å². The van der Waals surface area contributed by atoms with E-state index < -0.39 is 17.7 Å². The Hall–Kier alpha value is -4.08. The lowest BCUT2D eigenvalue weighted by atomic mass is 9.95. The average molecular weight is 521 g/mol. The van der Waals surface area contributed by atoms with E-state index in [0.717, 1.165) is 4.70 Å². The highest BCUT2D eigenvalue weighted by Crippen LogP contribution is 2.45. The van der Waals surface area contributed by atoms with Crippen LogP contribution in [0.3, 0.4) is 0 Å². The Kier molecular flexibility index (Phi) is 5.31. The fourth-order valence-electron chi connectivity index (χ4n) is 4.38. The van der Waals surface area contributed by atoms with Gasteiger partial charge in [0.2, 0.25) is 0 Å². The lowest BCUT2D eigenvalue weighted by Crippen LogP contribution is -2.29. The number of benzene rings is 3. The number of thiazole rings is 1. The zero-order valence-electron chi connectivity index (χ0n) is 18.5. The number of aliphatic hydroxyl groups excluding tert-OH is 1. The summed E-state index contributed by atoms with van der Waals surface area (Å²) in [4.78, 5) is 32.5. The van der Waals surface area contributed by atoms with Crippen LogP contribution in [0.4, 0.5) is 5.13 Å². The Bertz CT molecular complexity index is 1600. The molecule has 1 amide bonds. The second-order valence-corrected chi connectivity index (χ2v) is 9.68. The predicted octanol–water partition coefficient (Wildman–Crippen LogP) is 5.05. The third kappa shape index (κ3) is 3.64. The molecule has 0 bridgehead atoms. The Morgan fingerprint density at radius 1 is 1.03 bits per heavy atom. The van der Waals surface area contributed by atoms with E-state index in [1.54, 1.807) is 48.5 Å². The van der Waals surface area contributed by atoms with Crippen LogP contribution in [0.1, 0.15) is 17.2 Å². The third-order valence-electron chi connectivity index (χ3n) is 5.99. The van der Waals surface area contributed by atoms with Crippen molar-refractivity contribution in [3.05, 3.63) is 82.4 Å². The summed E-state index contributed by atoms with van der Waals surface area (Å²) >= 11 is 7.32. The summed E-state index contributed by atoms with van der Waals surface area (Å²) in [6, 6.07) is 15.1. The Morgan fingerprint density at radius 2 is 1.83 bits per heavy atom. The molecule has 36 heavy (non-hydrogen) atoms. The predicted molar refractivity (Wildman–Crippen MR) is 135 cm³/mol. The number of rotatable bonds is 3. The van der Waals surface area contributed by atoms with Crippen LogP contribution in [0, 0.1) is 0 Å². The average Bonchev–Trinajstić information content (AvgIpc) is 3.41. The number of aromatic nitrogens is 1. The van der Waals surface area contributed by atoms with Crippen molar-refractivity contribution in [2.75, 3.05) is 18.1 Å². The number of halogens is 1. The first kappa shape index (κ1) is 22.4. The summed E-state index contributed by atoms with van der Waals surface area (Å²) in [5.74, 6) is -1.17. The van der Waals surface area contributed by atoms with Gasteiger partial charge in [0.1, 0.15) is 24.7 Å². The first-order valence-electron chi connectivity index (χ1n) is 11.0. The van der Waals surface area contributed by atoms with E-state index in [0.29, 0.717) is 46.4 Å². The van der Waals surface area contributed by atoms with Gasteiger partial charge in [-0.1, -0.05) is 35.1 Å². The molecule has 2 aliphatic heterocycles. The van der Waals surface area contributed by atoms with E-state index in [1.165, 1.54) is 28.4 Å². The van der Waals surface area contributed by atoms with Gasteiger partial charge in [-0.05, 0) is 54.1 Å². The molecule has 0 radical (unpaired) electrons. The number of phenolic OH excluding ortho intramolecular Hbond substituents is 1. The first-order valence-corrected chi connectivity index (χ1v) is 12.2. The molecule has 1 atom stereocenters. The number of fused-ring (bicyclic) bond motifs is 2. The van der Waals surface area contributed by atoms with Gasteiger partial charge in [-0.2, -0.15) is 0 Å². The fraction of sp³-hybridized carbons (Fsp3) is 0.115. The van der Waals surface area contributed by atoms with Crippen molar-refractivity contribution in [2.24, 2.45) is 0 Å². The molecule has 8 nitrogen and oxygen atoms in total. The molecule has 3 heterocycles. The van der Waals surface area contributed by atoms with E-state index in [1.807, 2.05) is 0 Å². The number of phenols is 1. The van der Waals surface area contributed by atoms with Crippen LogP contribution in [0.2, 0.25) is 5.02 Å². The second-order valence-electron chi connectivity index (χ2n) is 8.23. The molecule has 1 fully saturated rings. The highest BCUT2D eigenvalue weighted by Gasteiger charge is 2.48. The number of aromatic hydroxyl groups is 1. The molecule has 4 aromatic rings. The van der Waals surface area contributed by atoms with Crippen molar-refractivity contribution in [1.82, 2.24) is 4.98 Å². The van der Waals surface area contributed by atoms with Crippen LogP contribution in [0.5, 0.6) is 17.2 Å². The fourth-order valence-corrected chi connectivity index (χ4v) is 5.64. The van der Waals surface area contributed by atoms with Gasteiger partial charge in [0, 0.05) is 10.6 Å². The van der Waals surface area contributed by atoms with Crippen molar-refractivity contribution in [3.63, 3.8) is 0 Å². The molecule has 1 unspecified atom stereocenters. The highest BCUT2D eigenvalue weighted by atomic mass is 35.5. The van der Waals surface area contributed by atoms with E-state index in [2.05, 4.69) is 4.98 Å². The number of hydrogen-bond acceptors (Lipinski definition) is 8. The third-order valence-corrected chi connectivity index (χ3v) is 7.24. The Balaban J connectivity index is 1.54. The van der Waals surface area contributed by atoms with Crippen LogP contribution >= 0.6 is 22.9 Å². The van der Waals surface area contributed by atoms with Gasteiger partial charge in [0.25, 0.3) is 5.78 Å². The topological polar surface area (TPSA) is 109 Å². The molecule has 2 aliphatic rings. The van der Waals surface area contributed by atoms with Gasteiger partial charge in [-0.25, -0.2) is 4.98 Å². The summed E-state index contributed by atoms with van der Waals surface area (Å²) in [6.07, 6.45) is 0. The molecule has 0 spiro atoms. The number of ether oxygens (including phenoxy) is 2. The molecule has 1 aromatic heterocycles. The van der Waals surface area contributed by atoms with E-state index in [9.17, 15) is 19.8 Å². The number of Topliss-reactive ketones (excluding diaryl/α,β-unsaturated/α-hetero) is 1. The number of hydrogen-bond donors (Lipinski definition) is 2. The van der Waals surface area contributed by atoms with Gasteiger partial charge in [0.15, 0.2) is 16.6 Å². The zero-order valence-corrected chi connectivity index (χ0v) is 20.0. The lowest BCUT2D eigenvalue weighted by molar-refractivity contribution is -0.132. The molecule has 0 aliphatic carbocycles. The second kappa shape index (κ2) is 8.54. The minimum Gasteiger partial charge on any atom is -0.508 e. The van der Waals surface area contributed by atoms with Crippen molar-refractivity contribution >= 4 is 55.7 Å². The minimum absolute atomic E-state index is 0.0477. The highest BCUT2D eigenvalue weighted by molar-refractivity contribution is 7.22. The number of carbonyl (C=O) groups is 2. The van der Waals surface area contributed by atoms with Gasteiger partial charge in [-0.3, -0.25) is 14.5 Å². The van der Waals surface area contributed by atoms with Gasteiger partial charge < -0.3 is 19.7 Å². The number of amides is 1. The largest absolute Gasteiger partial charge is 0.508 e. The number of nitrogens with zero attached hydrogens (tertiary/aromatic N) is 2. The number of anilines is 1. The van der Waals surface area contributed by atoms with Gasteiger partial charge in [-0.15, -0.1) is 0 Å². The summed E-state index contributed by atoms with van der Waals surface area (Å²) in [6.45, 7) is 0.765. The van der Waals surface area contributed by atoms with Crippen LogP contribution < -0.4 is 14.4 Å². The standard InChI is InChI=1S/C26H17ClN2O6S/c27-15-5-6-17-20(12-15)36-26(28-17)29-22(13-2-1-3-16(30)10-13)21(24(32)25(29)33)23(31)14-4-7-18-19(11-14)35-9-8-34-18/h1-7,10-12,22,30-31H,8-9H2. The first-order chi connectivity index (χ1) is 17.4. The molecular weight excluding hydrogens is 504 g/mol. The molecular formula is C26H17ClN2O6S. The maximum Gasteiger partial charge on any atom is 0.301 e. The molecule has 3 aromatic carbocycles. The van der Waals surface area contributed by atoms with Gasteiger partial charge in [0.05, 0.1) is 21.8 Å². The van der Waals surface area contributed by atoms with Crippen molar-refractivity contribution in [3.8, 4) is 17.2 Å². The van der Waals surface area contributed by atoms with Crippen molar-refractivity contribution < 1.29 is 29.3 Å². The quantitative estimate of drug-likeness (QED) is 0.221. The SMILES string of the molecule is O=C1C(=O)N(c2nc3ccc(Cl)cc3s2)C(c2cccc(O)c2)C1=C(O)c1ccc2c(c1)OCCO2. The van der Waals surface area contributed by atoms with E-state index >= 15 is 0 Å². The number of carbonyl (C=O) groups excluding carboxylic acids is 2. The van der Waals surface area contributed by atoms with Gasteiger partial charge >= 0.3 is 5.91 Å². The Labute approximate surface area is 213 Å². The van der Waals surface area contributed by atoms with Crippen LogP contribution in [-0.4, -0.2) is 40.1 Å². The lowest BCUT2D eigenvalue weighted by Gasteiger charge is -2.23. The van der Waals surface area contributed by atoms with Crippen LogP contribution in [-0.2, 0) is 9.59 Å². The maximum absolute atomic E-state index is 13.4. The minimum atomic E-state index is -1.03. The van der Waals surface area contributed by atoms with Crippen molar-refractivity contribution in [1.29, 1.82) is 0 Å². The van der Waals surface area contributed by atoms with Crippen LogP contribution in [0.25, 0.3) is 16.0 Å². The smallest absolute Gasteiger partial charge is 0.301 e.